The molecule has 1 N–H and O–H groups in total. The highest BCUT2D eigenvalue weighted by molar-refractivity contribution is 5.62. The topological polar surface area (TPSA) is 105 Å². The van der Waals surface area contributed by atoms with Crippen molar-refractivity contribution in [3.05, 3.63) is 78.0 Å². The zero-order valence-corrected chi connectivity index (χ0v) is 14.5. The van der Waals surface area contributed by atoms with Crippen molar-refractivity contribution in [2.24, 2.45) is 0 Å². The monoisotopic (exact) mass is 372 g/mol. The van der Waals surface area contributed by atoms with Crippen LogP contribution in [0.25, 0.3) is 16.9 Å². The minimum Gasteiger partial charge on any atom is -0.349 e. The van der Waals surface area contributed by atoms with Crippen molar-refractivity contribution in [2.45, 2.75) is 6.54 Å². The molecule has 0 aliphatic carbocycles. The van der Waals surface area contributed by atoms with Crippen LogP contribution < -0.4 is 5.32 Å². The minimum absolute atomic E-state index is 0.388. The summed E-state index contributed by atoms with van der Waals surface area (Å²) in [5.74, 6) is -0.125. The van der Waals surface area contributed by atoms with Crippen LogP contribution in [0.4, 0.5) is 10.3 Å². The molecule has 0 bridgehead atoms. The van der Waals surface area contributed by atoms with Gasteiger partial charge in [0.1, 0.15) is 0 Å². The Balaban J connectivity index is 1.59. The van der Waals surface area contributed by atoms with Crippen LogP contribution in [0, 0.1) is 17.3 Å². The Morgan fingerprint density at radius 3 is 2.86 bits per heavy atom. The van der Waals surface area contributed by atoms with Gasteiger partial charge in [-0.3, -0.25) is 4.98 Å². The summed E-state index contributed by atoms with van der Waals surface area (Å²) in [4.78, 5) is 8.07. The molecule has 0 aliphatic heterocycles. The van der Waals surface area contributed by atoms with Gasteiger partial charge in [0.05, 0.1) is 23.0 Å². The van der Waals surface area contributed by atoms with Crippen LogP contribution in [0.5, 0.6) is 0 Å². The lowest BCUT2D eigenvalue weighted by Crippen LogP contribution is -2.09. The number of hydrogen-bond donors (Lipinski definition) is 1. The van der Waals surface area contributed by atoms with Crippen molar-refractivity contribution in [2.75, 3.05) is 5.32 Å². The van der Waals surface area contributed by atoms with Gasteiger partial charge in [0.2, 0.25) is 11.9 Å². The molecule has 0 saturated carbocycles. The molecule has 0 spiro atoms. The summed E-state index contributed by atoms with van der Waals surface area (Å²) in [6, 6.07) is 15.7. The summed E-state index contributed by atoms with van der Waals surface area (Å²) in [6.45, 7) is 0.388. The maximum atomic E-state index is 13.1. The molecule has 0 radical (unpaired) electrons. The summed E-state index contributed by atoms with van der Waals surface area (Å²) in [7, 11) is 0. The fraction of sp³-hybridized carbons (Fsp3) is 0.0526. The summed E-state index contributed by atoms with van der Waals surface area (Å²) in [6.07, 6.45) is 3.11. The fourth-order valence-electron chi connectivity index (χ4n) is 2.71. The number of tetrazole rings is 1. The van der Waals surface area contributed by atoms with Gasteiger partial charge in [-0.25, -0.2) is 4.98 Å². The second kappa shape index (κ2) is 7.59. The quantitative estimate of drug-likeness (QED) is 0.537. The average molecular weight is 372 g/mol. The van der Waals surface area contributed by atoms with E-state index in [1.165, 1.54) is 16.9 Å². The van der Waals surface area contributed by atoms with E-state index >= 15 is 0 Å². The molecule has 3 heterocycles. The normalized spacial score (nSPS) is 10.4. The van der Waals surface area contributed by atoms with E-state index in [1.807, 2.05) is 18.2 Å². The van der Waals surface area contributed by atoms with Crippen LogP contribution in [-0.2, 0) is 6.54 Å². The van der Waals surface area contributed by atoms with Gasteiger partial charge in [0.25, 0.3) is 0 Å². The molecular weight excluding hydrogens is 359 g/mol. The molecule has 4 aromatic rings. The number of aromatic nitrogens is 6. The maximum Gasteiger partial charge on any atom is 0.248 e. The molecule has 136 valence electrons. The minimum atomic E-state index is -0.543. The van der Waals surface area contributed by atoms with Crippen molar-refractivity contribution in [1.82, 2.24) is 30.2 Å². The highest BCUT2D eigenvalue weighted by Gasteiger charge is 2.11. The van der Waals surface area contributed by atoms with E-state index in [-0.39, 0.29) is 0 Å². The Bertz CT molecular complexity index is 1150. The Morgan fingerprint density at radius 2 is 2.04 bits per heavy atom. The van der Waals surface area contributed by atoms with Crippen molar-refractivity contribution >= 4 is 5.95 Å². The highest BCUT2D eigenvalue weighted by atomic mass is 19.1. The van der Waals surface area contributed by atoms with E-state index in [9.17, 15) is 4.39 Å². The predicted molar refractivity (Wildman–Crippen MR) is 98.6 cm³/mol. The lowest BCUT2D eigenvalue weighted by molar-refractivity contribution is 0.584. The molecule has 0 aliphatic rings. The molecule has 0 saturated heterocycles. The van der Waals surface area contributed by atoms with E-state index in [4.69, 9.17) is 5.26 Å². The van der Waals surface area contributed by atoms with Crippen molar-refractivity contribution in [3.8, 4) is 23.0 Å². The number of nitrogens with one attached hydrogen (secondary N) is 1. The second-order valence-electron chi connectivity index (χ2n) is 5.81. The van der Waals surface area contributed by atoms with Crippen molar-refractivity contribution < 1.29 is 4.39 Å². The van der Waals surface area contributed by atoms with E-state index in [2.05, 4.69) is 36.9 Å². The first kappa shape index (κ1) is 17.2. The van der Waals surface area contributed by atoms with Gasteiger partial charge >= 0.3 is 0 Å². The van der Waals surface area contributed by atoms with Crippen LogP contribution in [0.15, 0.2) is 60.9 Å². The number of benzene rings is 1. The van der Waals surface area contributed by atoms with Crippen LogP contribution in [0.2, 0.25) is 0 Å². The van der Waals surface area contributed by atoms with Gasteiger partial charge in [-0.1, -0.05) is 17.2 Å². The third-order valence-electron chi connectivity index (χ3n) is 4.02. The number of nitriles is 1. The Morgan fingerprint density at radius 1 is 1.11 bits per heavy atom. The Labute approximate surface area is 159 Å². The lowest BCUT2D eigenvalue weighted by atomic mass is 10.1. The molecule has 3 aromatic heterocycles. The summed E-state index contributed by atoms with van der Waals surface area (Å²) in [5.41, 5.74) is 3.45. The van der Waals surface area contributed by atoms with E-state index < -0.39 is 5.95 Å². The number of pyridine rings is 2. The molecule has 0 unspecified atom stereocenters. The van der Waals surface area contributed by atoms with Crippen LogP contribution in [0.3, 0.4) is 0 Å². The van der Waals surface area contributed by atoms with Crippen LogP contribution in [-0.4, -0.2) is 30.2 Å². The van der Waals surface area contributed by atoms with Gasteiger partial charge in [-0.15, -0.1) is 0 Å². The predicted octanol–water partition coefficient (Wildman–Crippen LogP) is 2.74. The Kier molecular flexibility index (Phi) is 4.67. The zero-order valence-electron chi connectivity index (χ0n) is 14.5. The molecule has 28 heavy (non-hydrogen) atoms. The van der Waals surface area contributed by atoms with Crippen LogP contribution in [0.1, 0.15) is 11.1 Å². The van der Waals surface area contributed by atoms with Gasteiger partial charge in [-0.2, -0.15) is 14.3 Å². The van der Waals surface area contributed by atoms with E-state index in [0.717, 1.165) is 5.56 Å². The molecule has 1 aromatic carbocycles. The summed E-state index contributed by atoms with van der Waals surface area (Å²) >= 11 is 0. The number of rotatable bonds is 5. The average Bonchev–Trinajstić information content (AvgIpc) is 3.22. The molecule has 8 nitrogen and oxygen atoms in total. The van der Waals surface area contributed by atoms with Crippen molar-refractivity contribution in [1.29, 1.82) is 5.26 Å². The number of nitrogens with zero attached hydrogens (tertiary/aromatic N) is 7. The maximum absolute atomic E-state index is 13.1. The summed E-state index contributed by atoms with van der Waals surface area (Å²) in [5, 5.41) is 23.9. The SMILES string of the molecule is N#Cc1cccc(-n2nnnc2NCc2cccnc2-c2ccc(F)nc2)c1. The Hall–Kier alpha value is -4.19. The largest absolute Gasteiger partial charge is 0.349 e. The fourth-order valence-corrected chi connectivity index (χ4v) is 2.71. The standard InChI is InChI=1S/C19H13FN8/c20-17-7-6-15(11-23-17)18-14(4-2-8-22-18)12-24-19-25-26-27-28(19)16-5-1-3-13(9-16)10-21/h1-9,11H,12H2,(H,24,25,27). The molecule has 0 atom stereocenters. The molecule has 9 heteroatoms. The van der Waals surface area contributed by atoms with E-state index in [1.54, 1.807) is 30.5 Å². The zero-order chi connectivity index (χ0) is 19.3. The van der Waals surface area contributed by atoms with Gasteiger partial charge < -0.3 is 5.32 Å². The third kappa shape index (κ3) is 3.52. The number of hydrogen-bond acceptors (Lipinski definition) is 7. The molecule has 0 amide bonds. The van der Waals surface area contributed by atoms with Crippen LogP contribution >= 0.6 is 0 Å². The summed E-state index contributed by atoms with van der Waals surface area (Å²) < 4.78 is 14.6. The highest BCUT2D eigenvalue weighted by Crippen LogP contribution is 2.21. The van der Waals surface area contributed by atoms with Gasteiger partial charge in [0.15, 0.2) is 0 Å². The molecule has 0 fully saturated rings. The molecular formula is C19H13FN8. The lowest BCUT2D eigenvalue weighted by Gasteiger charge is -2.10. The number of halogens is 1. The van der Waals surface area contributed by atoms with E-state index in [0.29, 0.717) is 35.0 Å². The van der Waals surface area contributed by atoms with Crippen molar-refractivity contribution in [3.63, 3.8) is 0 Å². The first-order chi connectivity index (χ1) is 13.7. The second-order valence-corrected chi connectivity index (χ2v) is 5.81. The smallest absolute Gasteiger partial charge is 0.248 e. The number of anilines is 1. The first-order valence-corrected chi connectivity index (χ1v) is 8.33. The van der Waals surface area contributed by atoms with Gasteiger partial charge in [0, 0.05) is 24.5 Å². The van der Waals surface area contributed by atoms with Gasteiger partial charge in [-0.05, 0) is 52.4 Å². The first-order valence-electron chi connectivity index (χ1n) is 8.33. The molecule has 4 rings (SSSR count). The third-order valence-corrected chi connectivity index (χ3v) is 4.02.